The molecule has 2 N–H and O–H groups in total. The van der Waals surface area contributed by atoms with E-state index in [4.69, 9.17) is 18.9 Å². The summed E-state index contributed by atoms with van der Waals surface area (Å²) < 4.78 is 22.3. The number of anilines is 2. The summed E-state index contributed by atoms with van der Waals surface area (Å²) in [6, 6.07) is 12.7. The third-order valence-corrected chi connectivity index (χ3v) is 6.73. The minimum absolute atomic E-state index is 0.0359. The second kappa shape index (κ2) is 12.1. The van der Waals surface area contributed by atoms with Crippen LogP contribution < -0.4 is 20.1 Å². The van der Waals surface area contributed by atoms with Gasteiger partial charge in [0.15, 0.2) is 0 Å². The average molecular weight is 531 g/mol. The Morgan fingerprint density at radius 1 is 1.10 bits per heavy atom. The van der Waals surface area contributed by atoms with E-state index in [1.54, 1.807) is 36.5 Å². The monoisotopic (exact) mass is 530 g/mol. The molecule has 1 amide bonds. The maximum Gasteiger partial charge on any atom is 0.257 e. The maximum atomic E-state index is 12.8. The van der Waals surface area contributed by atoms with Crippen molar-refractivity contribution in [3.63, 3.8) is 0 Å². The van der Waals surface area contributed by atoms with Gasteiger partial charge in [0.1, 0.15) is 29.3 Å². The fourth-order valence-electron chi connectivity index (χ4n) is 4.48. The third kappa shape index (κ3) is 6.25. The van der Waals surface area contributed by atoms with Crippen LogP contribution >= 0.6 is 0 Å². The van der Waals surface area contributed by atoms with Gasteiger partial charge in [-0.25, -0.2) is 9.97 Å². The molecule has 2 aliphatic rings. The molecule has 2 atom stereocenters. The first-order valence-electron chi connectivity index (χ1n) is 12.9. The van der Waals surface area contributed by atoms with Gasteiger partial charge >= 0.3 is 0 Å². The van der Waals surface area contributed by atoms with E-state index in [0.29, 0.717) is 60.8 Å². The SMILES string of the molecule is COc1nc(Nc2nccc(-c3ccc(OC4CCOCC4)c(C#N)c3)n2)ccc1C(=O)NC1COCC1C. The molecule has 11 heteroatoms. The predicted molar refractivity (Wildman–Crippen MR) is 142 cm³/mol. The quantitative estimate of drug-likeness (QED) is 0.445. The van der Waals surface area contributed by atoms with Crippen molar-refractivity contribution in [2.45, 2.75) is 31.9 Å². The van der Waals surface area contributed by atoms with Crippen LogP contribution in [-0.2, 0) is 9.47 Å². The summed E-state index contributed by atoms with van der Waals surface area (Å²) in [5.41, 5.74) is 2.13. The number of carbonyl (C=O) groups is 1. The first-order chi connectivity index (χ1) is 19.0. The summed E-state index contributed by atoms with van der Waals surface area (Å²) >= 11 is 0. The van der Waals surface area contributed by atoms with Crippen LogP contribution in [0.25, 0.3) is 11.3 Å². The summed E-state index contributed by atoms with van der Waals surface area (Å²) in [6.45, 7) is 4.46. The zero-order valence-electron chi connectivity index (χ0n) is 21.8. The highest BCUT2D eigenvalue weighted by atomic mass is 16.5. The first-order valence-corrected chi connectivity index (χ1v) is 12.9. The van der Waals surface area contributed by atoms with Crippen LogP contribution in [-0.4, -0.2) is 66.5 Å². The Hall–Kier alpha value is -4.27. The number of nitriles is 1. The molecule has 0 bridgehead atoms. The number of carbonyl (C=O) groups excluding carboxylic acids is 1. The van der Waals surface area contributed by atoms with E-state index in [1.807, 2.05) is 13.0 Å². The lowest BCUT2D eigenvalue weighted by Gasteiger charge is -2.23. The Labute approximate surface area is 226 Å². The summed E-state index contributed by atoms with van der Waals surface area (Å²) in [7, 11) is 1.46. The van der Waals surface area contributed by atoms with Crippen LogP contribution in [0.3, 0.4) is 0 Å². The Kier molecular flexibility index (Phi) is 8.15. The van der Waals surface area contributed by atoms with Gasteiger partial charge in [-0.2, -0.15) is 10.2 Å². The van der Waals surface area contributed by atoms with E-state index in [-0.39, 0.29) is 29.9 Å². The smallest absolute Gasteiger partial charge is 0.257 e. The lowest BCUT2D eigenvalue weighted by Crippen LogP contribution is -2.39. The largest absolute Gasteiger partial charge is 0.489 e. The summed E-state index contributed by atoms with van der Waals surface area (Å²) in [4.78, 5) is 26.1. The molecule has 2 aliphatic heterocycles. The lowest BCUT2D eigenvalue weighted by atomic mass is 10.1. The summed E-state index contributed by atoms with van der Waals surface area (Å²) in [5.74, 6) is 1.41. The van der Waals surface area contributed by atoms with Crippen molar-refractivity contribution in [2.24, 2.45) is 5.92 Å². The molecule has 0 saturated carbocycles. The van der Waals surface area contributed by atoms with Crippen molar-refractivity contribution < 1.29 is 23.7 Å². The minimum Gasteiger partial charge on any atom is -0.489 e. The zero-order valence-corrected chi connectivity index (χ0v) is 21.8. The van der Waals surface area contributed by atoms with Crippen LogP contribution in [0.15, 0.2) is 42.6 Å². The van der Waals surface area contributed by atoms with Gasteiger partial charge in [0.25, 0.3) is 5.91 Å². The molecule has 5 rings (SSSR count). The molecule has 0 spiro atoms. The van der Waals surface area contributed by atoms with Crippen molar-refractivity contribution in [3.8, 4) is 29.0 Å². The van der Waals surface area contributed by atoms with Crippen molar-refractivity contribution in [1.29, 1.82) is 5.26 Å². The Morgan fingerprint density at radius 3 is 2.69 bits per heavy atom. The number of hydrogen-bond acceptors (Lipinski definition) is 10. The number of nitrogens with one attached hydrogen (secondary N) is 2. The number of benzene rings is 1. The molecule has 2 unspecified atom stereocenters. The van der Waals surface area contributed by atoms with Crippen LogP contribution in [0.4, 0.5) is 11.8 Å². The number of nitrogens with zero attached hydrogens (tertiary/aromatic N) is 4. The van der Waals surface area contributed by atoms with E-state index in [9.17, 15) is 10.1 Å². The molecule has 202 valence electrons. The summed E-state index contributed by atoms with van der Waals surface area (Å²) in [6.07, 6.45) is 3.25. The fourth-order valence-corrected chi connectivity index (χ4v) is 4.48. The minimum atomic E-state index is -0.274. The van der Waals surface area contributed by atoms with Crippen LogP contribution in [0, 0.1) is 17.2 Å². The van der Waals surface area contributed by atoms with Crippen molar-refractivity contribution >= 4 is 17.7 Å². The molecule has 2 aromatic heterocycles. The number of amides is 1. The number of aromatic nitrogens is 3. The van der Waals surface area contributed by atoms with E-state index in [2.05, 4.69) is 31.7 Å². The van der Waals surface area contributed by atoms with Crippen LogP contribution in [0.2, 0.25) is 0 Å². The van der Waals surface area contributed by atoms with Crippen molar-refractivity contribution in [1.82, 2.24) is 20.3 Å². The molecule has 39 heavy (non-hydrogen) atoms. The van der Waals surface area contributed by atoms with Crippen molar-refractivity contribution in [2.75, 3.05) is 38.9 Å². The highest BCUT2D eigenvalue weighted by Crippen LogP contribution is 2.28. The van der Waals surface area contributed by atoms with Gasteiger partial charge in [0.05, 0.1) is 50.8 Å². The van der Waals surface area contributed by atoms with Crippen LogP contribution in [0.5, 0.6) is 11.6 Å². The third-order valence-electron chi connectivity index (χ3n) is 6.73. The topological polar surface area (TPSA) is 141 Å². The van der Waals surface area contributed by atoms with E-state index in [1.165, 1.54) is 7.11 Å². The maximum absolute atomic E-state index is 12.8. The Morgan fingerprint density at radius 2 is 1.95 bits per heavy atom. The highest BCUT2D eigenvalue weighted by molar-refractivity contribution is 5.96. The molecule has 11 nitrogen and oxygen atoms in total. The van der Waals surface area contributed by atoms with Gasteiger partial charge in [-0.05, 0) is 36.4 Å². The van der Waals surface area contributed by atoms with Crippen LogP contribution in [0.1, 0.15) is 35.7 Å². The number of ether oxygens (including phenoxy) is 4. The number of methoxy groups -OCH3 is 1. The molecule has 2 saturated heterocycles. The zero-order chi connectivity index (χ0) is 27.2. The highest BCUT2D eigenvalue weighted by Gasteiger charge is 2.27. The summed E-state index contributed by atoms with van der Waals surface area (Å²) in [5, 5.41) is 15.8. The Balaban J connectivity index is 1.30. The number of pyridine rings is 1. The molecule has 2 fully saturated rings. The fraction of sp³-hybridized carbons (Fsp3) is 0.393. The van der Waals surface area contributed by atoms with Crippen molar-refractivity contribution in [3.05, 3.63) is 53.7 Å². The van der Waals surface area contributed by atoms with Gasteiger partial charge in [-0.1, -0.05) is 6.92 Å². The van der Waals surface area contributed by atoms with E-state index in [0.717, 1.165) is 18.4 Å². The molecule has 1 aromatic carbocycles. The van der Waals surface area contributed by atoms with Gasteiger partial charge in [-0.3, -0.25) is 4.79 Å². The Bertz CT molecular complexity index is 1370. The molecular formula is C28H30N6O5. The second-order valence-electron chi connectivity index (χ2n) is 9.49. The van der Waals surface area contributed by atoms with Gasteiger partial charge in [0.2, 0.25) is 11.8 Å². The molecule has 0 aliphatic carbocycles. The number of hydrogen-bond donors (Lipinski definition) is 2. The average Bonchev–Trinajstić information content (AvgIpc) is 3.37. The standard InChI is InChI=1S/C28H30N6O5/c1-17-15-38-16-23(17)31-26(35)21-4-6-25(33-27(21)36-2)34-28-30-10-7-22(32-28)18-3-5-24(19(13-18)14-29)39-20-8-11-37-12-9-20/h3-7,10,13,17,20,23H,8-9,11-12,15-16H2,1-2H3,(H,31,35)(H,30,32,33,34). The molecule has 0 radical (unpaired) electrons. The second-order valence-corrected chi connectivity index (χ2v) is 9.49. The molecular weight excluding hydrogens is 500 g/mol. The van der Waals surface area contributed by atoms with Gasteiger partial charge < -0.3 is 29.6 Å². The van der Waals surface area contributed by atoms with E-state index >= 15 is 0 Å². The van der Waals surface area contributed by atoms with Gasteiger partial charge in [-0.15, -0.1) is 0 Å². The first kappa shape index (κ1) is 26.3. The van der Waals surface area contributed by atoms with E-state index < -0.39 is 0 Å². The normalized spacial score (nSPS) is 19.2. The molecule has 4 heterocycles. The molecule has 3 aromatic rings. The predicted octanol–water partition coefficient (Wildman–Crippen LogP) is 3.48. The lowest BCUT2D eigenvalue weighted by molar-refractivity contribution is 0.0254. The number of rotatable bonds is 8. The van der Waals surface area contributed by atoms with Gasteiger partial charge in [0, 0.05) is 30.5 Å².